The molecule has 7 nitrogen and oxygen atoms in total. The number of nitrogens with zero attached hydrogens (tertiary/aromatic N) is 3. The van der Waals surface area contributed by atoms with Crippen molar-refractivity contribution in [3.05, 3.63) is 12.7 Å². The highest BCUT2D eigenvalue weighted by Gasteiger charge is 2.14. The highest BCUT2D eigenvalue weighted by atomic mass is 16.4. The van der Waals surface area contributed by atoms with Crippen LogP contribution >= 0.6 is 0 Å². The molecule has 1 aromatic heterocycles. The van der Waals surface area contributed by atoms with Crippen molar-refractivity contribution in [2.45, 2.75) is 32.4 Å². The molecule has 0 aliphatic carbocycles. The summed E-state index contributed by atoms with van der Waals surface area (Å²) in [4.78, 5) is 25.7. The zero-order valence-corrected chi connectivity index (χ0v) is 8.96. The fraction of sp³-hybridized carbons (Fsp3) is 0.556. The number of aliphatic carboxylic acids is 1. The van der Waals surface area contributed by atoms with Gasteiger partial charge in [-0.15, -0.1) is 0 Å². The van der Waals surface area contributed by atoms with E-state index in [1.807, 2.05) is 6.92 Å². The number of carbonyl (C=O) groups excluding carboxylic acids is 1. The molecule has 0 saturated carbocycles. The summed E-state index contributed by atoms with van der Waals surface area (Å²) in [6.45, 7) is 1.87. The first-order valence-electron chi connectivity index (χ1n) is 4.95. The van der Waals surface area contributed by atoms with Crippen molar-refractivity contribution >= 4 is 11.9 Å². The van der Waals surface area contributed by atoms with Crippen molar-refractivity contribution in [3.8, 4) is 0 Å². The number of carbonyl (C=O) groups is 2. The van der Waals surface area contributed by atoms with E-state index in [0.717, 1.165) is 0 Å². The van der Waals surface area contributed by atoms with Crippen LogP contribution in [0.15, 0.2) is 12.7 Å². The second kappa shape index (κ2) is 5.84. The van der Waals surface area contributed by atoms with E-state index in [2.05, 4.69) is 15.4 Å². The maximum atomic E-state index is 11.5. The van der Waals surface area contributed by atoms with Gasteiger partial charge in [-0.3, -0.25) is 9.59 Å². The molecule has 0 aromatic carbocycles. The highest BCUT2D eigenvalue weighted by Crippen LogP contribution is 1.97. The van der Waals surface area contributed by atoms with E-state index in [0.29, 0.717) is 6.42 Å². The Bertz CT molecular complexity index is 350. The van der Waals surface area contributed by atoms with Crippen molar-refractivity contribution in [3.63, 3.8) is 0 Å². The first-order valence-corrected chi connectivity index (χ1v) is 4.95. The van der Waals surface area contributed by atoms with Gasteiger partial charge < -0.3 is 10.4 Å². The Morgan fingerprint density at radius 2 is 2.31 bits per heavy atom. The minimum absolute atomic E-state index is 0.0517. The van der Waals surface area contributed by atoms with Crippen molar-refractivity contribution in [1.82, 2.24) is 20.1 Å². The Kier molecular flexibility index (Phi) is 4.43. The van der Waals surface area contributed by atoms with Crippen molar-refractivity contribution in [2.24, 2.45) is 0 Å². The molecule has 1 aromatic rings. The van der Waals surface area contributed by atoms with Crippen molar-refractivity contribution in [2.75, 3.05) is 0 Å². The molecule has 0 spiro atoms. The summed E-state index contributed by atoms with van der Waals surface area (Å²) in [5, 5.41) is 15.0. The van der Waals surface area contributed by atoms with Gasteiger partial charge in [-0.1, -0.05) is 6.92 Å². The summed E-state index contributed by atoms with van der Waals surface area (Å²) in [7, 11) is 0. The van der Waals surface area contributed by atoms with Crippen molar-refractivity contribution in [1.29, 1.82) is 0 Å². The summed E-state index contributed by atoms with van der Waals surface area (Å²) in [5.74, 6) is -1.19. The Labute approximate surface area is 92.5 Å². The fourth-order valence-corrected chi connectivity index (χ4v) is 1.24. The van der Waals surface area contributed by atoms with Gasteiger partial charge in [-0.05, 0) is 6.42 Å². The maximum absolute atomic E-state index is 11.5. The standard InChI is InChI=1S/C9H14N4O3/c1-2-7(3-9(15)16)12-8(14)4-13-6-10-5-11-13/h5-7H,2-4H2,1H3,(H,12,14)(H,15,16). The van der Waals surface area contributed by atoms with Gasteiger partial charge in [0.25, 0.3) is 0 Å². The van der Waals surface area contributed by atoms with Gasteiger partial charge in [-0.25, -0.2) is 9.67 Å². The first kappa shape index (κ1) is 12.2. The number of hydrogen-bond acceptors (Lipinski definition) is 4. The van der Waals surface area contributed by atoms with E-state index in [-0.39, 0.29) is 24.9 Å². The molecule has 1 atom stereocenters. The Morgan fingerprint density at radius 3 is 2.81 bits per heavy atom. The third-order valence-corrected chi connectivity index (χ3v) is 2.05. The molecule has 16 heavy (non-hydrogen) atoms. The summed E-state index contributed by atoms with van der Waals surface area (Å²) in [6, 6.07) is -0.339. The molecule has 1 amide bonds. The molecule has 2 N–H and O–H groups in total. The quantitative estimate of drug-likeness (QED) is 0.690. The number of hydrogen-bond donors (Lipinski definition) is 2. The molecule has 1 heterocycles. The van der Waals surface area contributed by atoms with Gasteiger partial charge in [0.15, 0.2) is 0 Å². The van der Waals surface area contributed by atoms with Gasteiger partial charge in [0, 0.05) is 6.04 Å². The second-order valence-electron chi connectivity index (χ2n) is 3.36. The normalized spacial score (nSPS) is 12.1. The smallest absolute Gasteiger partial charge is 0.305 e. The van der Waals surface area contributed by atoms with Gasteiger partial charge >= 0.3 is 5.97 Å². The van der Waals surface area contributed by atoms with E-state index in [1.165, 1.54) is 17.3 Å². The predicted octanol–water partition coefficient (Wildman–Crippen LogP) is -0.352. The van der Waals surface area contributed by atoms with Crippen LogP contribution < -0.4 is 5.32 Å². The molecule has 0 saturated heterocycles. The van der Waals surface area contributed by atoms with Crippen LogP contribution in [-0.4, -0.2) is 37.8 Å². The van der Waals surface area contributed by atoms with Crippen LogP contribution in [0.4, 0.5) is 0 Å². The summed E-state index contributed by atoms with van der Waals surface area (Å²) < 4.78 is 1.38. The lowest BCUT2D eigenvalue weighted by atomic mass is 10.1. The molecular formula is C9H14N4O3. The van der Waals surface area contributed by atoms with Gasteiger partial charge in [0.05, 0.1) is 6.42 Å². The molecule has 88 valence electrons. The van der Waals surface area contributed by atoms with Crippen LogP contribution in [0, 0.1) is 0 Å². The Balaban J connectivity index is 2.40. The van der Waals surface area contributed by atoms with Crippen molar-refractivity contribution < 1.29 is 14.7 Å². The number of carboxylic acids is 1. The summed E-state index contributed by atoms with van der Waals surface area (Å²) >= 11 is 0. The average molecular weight is 226 g/mol. The number of carboxylic acid groups (broad SMARTS) is 1. The molecule has 0 bridgehead atoms. The zero-order valence-electron chi connectivity index (χ0n) is 8.96. The molecule has 0 aliphatic heterocycles. The largest absolute Gasteiger partial charge is 0.481 e. The average Bonchev–Trinajstić information content (AvgIpc) is 2.68. The van der Waals surface area contributed by atoms with Crippen LogP contribution in [0.3, 0.4) is 0 Å². The lowest BCUT2D eigenvalue weighted by Gasteiger charge is -2.14. The van der Waals surface area contributed by atoms with Gasteiger partial charge in [-0.2, -0.15) is 5.10 Å². The third kappa shape index (κ3) is 4.07. The lowest BCUT2D eigenvalue weighted by Crippen LogP contribution is -2.38. The number of aromatic nitrogens is 3. The molecular weight excluding hydrogens is 212 g/mol. The summed E-state index contributed by atoms with van der Waals surface area (Å²) in [5.41, 5.74) is 0. The minimum Gasteiger partial charge on any atom is -0.481 e. The molecule has 7 heteroatoms. The Morgan fingerprint density at radius 1 is 1.56 bits per heavy atom. The molecule has 0 radical (unpaired) electrons. The SMILES string of the molecule is CCC(CC(=O)O)NC(=O)Cn1cncn1. The minimum atomic E-state index is -0.923. The van der Waals surface area contributed by atoms with Gasteiger partial charge in [0.1, 0.15) is 19.2 Å². The van der Waals surface area contributed by atoms with E-state index >= 15 is 0 Å². The van der Waals surface area contributed by atoms with Crippen LogP contribution in [0.2, 0.25) is 0 Å². The second-order valence-corrected chi connectivity index (χ2v) is 3.36. The summed E-state index contributed by atoms with van der Waals surface area (Å²) in [6.07, 6.45) is 3.27. The monoisotopic (exact) mass is 226 g/mol. The van der Waals surface area contributed by atoms with Crippen LogP contribution in [-0.2, 0) is 16.1 Å². The van der Waals surface area contributed by atoms with E-state index in [1.54, 1.807) is 0 Å². The maximum Gasteiger partial charge on any atom is 0.305 e. The highest BCUT2D eigenvalue weighted by molar-refractivity contribution is 5.77. The zero-order chi connectivity index (χ0) is 12.0. The molecule has 1 unspecified atom stereocenters. The van der Waals surface area contributed by atoms with E-state index in [9.17, 15) is 9.59 Å². The first-order chi connectivity index (χ1) is 7.61. The molecule has 0 fully saturated rings. The molecule has 1 rings (SSSR count). The lowest BCUT2D eigenvalue weighted by molar-refractivity contribution is -0.137. The van der Waals surface area contributed by atoms with E-state index in [4.69, 9.17) is 5.11 Å². The van der Waals surface area contributed by atoms with Crippen LogP contribution in [0.1, 0.15) is 19.8 Å². The van der Waals surface area contributed by atoms with Crippen LogP contribution in [0.25, 0.3) is 0 Å². The van der Waals surface area contributed by atoms with E-state index < -0.39 is 5.97 Å². The third-order valence-electron chi connectivity index (χ3n) is 2.05. The number of nitrogens with one attached hydrogen (secondary N) is 1. The number of amides is 1. The predicted molar refractivity (Wildman–Crippen MR) is 54.5 cm³/mol. The fourth-order valence-electron chi connectivity index (χ4n) is 1.24. The number of rotatable bonds is 6. The van der Waals surface area contributed by atoms with Gasteiger partial charge in [0.2, 0.25) is 5.91 Å². The molecule has 0 aliphatic rings. The Hall–Kier alpha value is -1.92. The topological polar surface area (TPSA) is 97.1 Å². The van der Waals surface area contributed by atoms with Crippen LogP contribution in [0.5, 0.6) is 0 Å².